The lowest BCUT2D eigenvalue weighted by Gasteiger charge is -2.29. The molecule has 1 atom stereocenters. The molecule has 0 aliphatic carbocycles. The molecule has 3 aromatic rings. The van der Waals surface area contributed by atoms with Crippen LogP contribution in [0.1, 0.15) is 37.9 Å². The zero-order chi connectivity index (χ0) is 20.9. The van der Waals surface area contributed by atoms with Gasteiger partial charge in [-0.05, 0) is 30.2 Å². The van der Waals surface area contributed by atoms with Crippen molar-refractivity contribution < 1.29 is 9.47 Å². The van der Waals surface area contributed by atoms with Gasteiger partial charge in [0, 0.05) is 29.1 Å². The van der Waals surface area contributed by atoms with Crippen LogP contribution in [-0.4, -0.2) is 20.8 Å². The maximum atomic E-state index is 5.56. The Bertz CT molecular complexity index is 931. The third-order valence-corrected chi connectivity index (χ3v) is 5.51. The molecule has 0 heterocycles. The predicted octanol–water partition coefficient (Wildman–Crippen LogP) is 6.00. The van der Waals surface area contributed by atoms with E-state index in [0.29, 0.717) is 0 Å². The van der Waals surface area contributed by atoms with Gasteiger partial charge in [0.15, 0.2) is 0 Å². The van der Waals surface area contributed by atoms with Crippen molar-refractivity contribution in [1.82, 2.24) is 5.32 Å². The van der Waals surface area contributed by atoms with E-state index in [0.717, 1.165) is 29.2 Å². The van der Waals surface area contributed by atoms with E-state index in [2.05, 4.69) is 68.6 Å². The highest BCUT2D eigenvalue weighted by Gasteiger charge is 2.24. The molecule has 0 saturated carbocycles. The molecule has 0 aliphatic heterocycles. The Balaban J connectivity index is 1.70. The molecule has 0 bridgehead atoms. The molecule has 29 heavy (non-hydrogen) atoms. The van der Waals surface area contributed by atoms with E-state index in [9.17, 15) is 0 Å². The summed E-state index contributed by atoms with van der Waals surface area (Å²) in [6.07, 6.45) is 0. The molecule has 1 N–H and O–H groups in total. The molecular weight excluding hydrogens is 358 g/mol. The molecule has 0 amide bonds. The van der Waals surface area contributed by atoms with Gasteiger partial charge >= 0.3 is 0 Å². The van der Waals surface area contributed by atoms with Crippen molar-refractivity contribution in [2.45, 2.75) is 32.2 Å². The summed E-state index contributed by atoms with van der Waals surface area (Å²) in [7, 11) is 3.44. The highest BCUT2D eigenvalue weighted by atomic mass is 16.5. The Morgan fingerprint density at radius 2 is 1.38 bits per heavy atom. The molecule has 152 valence electrons. The van der Waals surface area contributed by atoms with Gasteiger partial charge in [-0.3, -0.25) is 0 Å². The average Bonchev–Trinajstić information content (AvgIpc) is 2.77. The van der Waals surface area contributed by atoms with E-state index in [1.807, 2.05) is 30.3 Å². The number of hydrogen-bond donors (Lipinski definition) is 1. The molecule has 0 saturated heterocycles. The van der Waals surface area contributed by atoms with Crippen LogP contribution in [0, 0.1) is 0 Å². The molecular formula is C26H31NO2. The van der Waals surface area contributed by atoms with Gasteiger partial charge < -0.3 is 14.8 Å². The van der Waals surface area contributed by atoms with E-state index in [-0.39, 0.29) is 11.5 Å². The fourth-order valence-corrected chi connectivity index (χ4v) is 3.66. The quantitative estimate of drug-likeness (QED) is 0.512. The number of ether oxygens (including phenoxy) is 2. The van der Waals surface area contributed by atoms with Crippen molar-refractivity contribution >= 4 is 0 Å². The van der Waals surface area contributed by atoms with Crippen LogP contribution in [-0.2, 0) is 5.41 Å². The van der Waals surface area contributed by atoms with Gasteiger partial charge in [-0.1, -0.05) is 74.5 Å². The number of para-hydroxylation sites is 2. The Labute approximate surface area is 174 Å². The van der Waals surface area contributed by atoms with Crippen LogP contribution in [0.3, 0.4) is 0 Å². The number of benzene rings is 3. The summed E-state index contributed by atoms with van der Waals surface area (Å²) in [5.41, 5.74) is 4.71. The molecule has 3 nitrogen and oxygen atoms in total. The van der Waals surface area contributed by atoms with Crippen molar-refractivity contribution in [3.63, 3.8) is 0 Å². The van der Waals surface area contributed by atoms with Crippen LogP contribution in [0.2, 0.25) is 0 Å². The lowest BCUT2D eigenvalue weighted by molar-refractivity contribution is 0.379. The first-order valence-corrected chi connectivity index (χ1v) is 10.1. The zero-order valence-electron chi connectivity index (χ0n) is 18.0. The maximum absolute atomic E-state index is 5.56. The molecule has 3 rings (SSSR count). The molecule has 0 radical (unpaired) electrons. The molecule has 3 heteroatoms. The normalized spacial score (nSPS) is 12.4. The fourth-order valence-electron chi connectivity index (χ4n) is 3.66. The lowest BCUT2D eigenvalue weighted by Crippen LogP contribution is -2.34. The summed E-state index contributed by atoms with van der Waals surface area (Å²) in [5, 5.41) is 3.69. The first-order chi connectivity index (χ1) is 14.0. The van der Waals surface area contributed by atoms with Crippen molar-refractivity contribution in [3.8, 4) is 22.6 Å². The molecule has 0 aromatic heterocycles. The minimum Gasteiger partial charge on any atom is -0.496 e. The average molecular weight is 390 g/mol. The fraction of sp³-hybridized carbons (Fsp3) is 0.308. The van der Waals surface area contributed by atoms with E-state index >= 15 is 0 Å². The standard InChI is InChI=1S/C26H31NO2/c1-19(27-18-26(2,3)23-11-7-9-13-25(23)29-5)20-14-16-21(17-15-20)22-10-6-8-12-24(22)28-4/h6-17,19,27H,18H2,1-5H3. The van der Waals surface area contributed by atoms with Crippen LogP contribution >= 0.6 is 0 Å². The Kier molecular flexibility index (Phi) is 6.60. The van der Waals surface area contributed by atoms with Crippen molar-refractivity contribution in [3.05, 3.63) is 83.9 Å². The Hall–Kier alpha value is -2.78. The van der Waals surface area contributed by atoms with Crippen LogP contribution in [0.15, 0.2) is 72.8 Å². The minimum absolute atomic E-state index is 0.0434. The molecule has 0 aliphatic rings. The minimum atomic E-state index is -0.0434. The van der Waals surface area contributed by atoms with Gasteiger partial charge in [0.1, 0.15) is 11.5 Å². The van der Waals surface area contributed by atoms with Crippen LogP contribution in [0.5, 0.6) is 11.5 Å². The molecule has 0 spiro atoms. The summed E-state index contributed by atoms with van der Waals surface area (Å²) < 4.78 is 11.1. The number of methoxy groups -OCH3 is 2. The Morgan fingerprint density at radius 3 is 2.03 bits per heavy atom. The van der Waals surface area contributed by atoms with E-state index in [1.54, 1.807) is 14.2 Å². The van der Waals surface area contributed by atoms with Gasteiger partial charge in [0.25, 0.3) is 0 Å². The second-order valence-electron chi connectivity index (χ2n) is 8.01. The van der Waals surface area contributed by atoms with E-state index < -0.39 is 0 Å². The summed E-state index contributed by atoms with van der Waals surface area (Å²) in [6.45, 7) is 7.55. The third-order valence-electron chi connectivity index (χ3n) is 5.51. The van der Waals surface area contributed by atoms with Crippen molar-refractivity contribution in [2.75, 3.05) is 20.8 Å². The first-order valence-electron chi connectivity index (χ1n) is 10.1. The maximum Gasteiger partial charge on any atom is 0.126 e. The monoisotopic (exact) mass is 389 g/mol. The third kappa shape index (κ3) is 4.80. The first kappa shape index (κ1) is 20.9. The van der Waals surface area contributed by atoms with Gasteiger partial charge in [0.2, 0.25) is 0 Å². The zero-order valence-corrected chi connectivity index (χ0v) is 18.0. The van der Waals surface area contributed by atoms with Crippen molar-refractivity contribution in [1.29, 1.82) is 0 Å². The van der Waals surface area contributed by atoms with Crippen LogP contribution in [0.25, 0.3) is 11.1 Å². The van der Waals surface area contributed by atoms with Gasteiger partial charge in [-0.25, -0.2) is 0 Å². The van der Waals surface area contributed by atoms with Crippen LogP contribution in [0.4, 0.5) is 0 Å². The lowest BCUT2D eigenvalue weighted by atomic mass is 9.83. The van der Waals surface area contributed by atoms with E-state index in [1.165, 1.54) is 11.1 Å². The molecule has 3 aromatic carbocycles. The van der Waals surface area contributed by atoms with Gasteiger partial charge in [-0.15, -0.1) is 0 Å². The van der Waals surface area contributed by atoms with Crippen LogP contribution < -0.4 is 14.8 Å². The highest BCUT2D eigenvalue weighted by molar-refractivity contribution is 5.70. The smallest absolute Gasteiger partial charge is 0.126 e. The predicted molar refractivity (Wildman–Crippen MR) is 121 cm³/mol. The summed E-state index contributed by atoms with van der Waals surface area (Å²) >= 11 is 0. The van der Waals surface area contributed by atoms with Gasteiger partial charge in [0.05, 0.1) is 14.2 Å². The Morgan fingerprint density at radius 1 is 0.793 bits per heavy atom. The second kappa shape index (κ2) is 9.15. The topological polar surface area (TPSA) is 30.5 Å². The highest BCUT2D eigenvalue weighted by Crippen LogP contribution is 2.32. The van der Waals surface area contributed by atoms with E-state index in [4.69, 9.17) is 9.47 Å². The van der Waals surface area contributed by atoms with Crippen molar-refractivity contribution in [2.24, 2.45) is 0 Å². The summed E-state index contributed by atoms with van der Waals surface area (Å²) in [6, 6.07) is 25.3. The second-order valence-corrected chi connectivity index (χ2v) is 8.01. The number of hydrogen-bond acceptors (Lipinski definition) is 3. The van der Waals surface area contributed by atoms with Gasteiger partial charge in [-0.2, -0.15) is 0 Å². The molecule has 1 unspecified atom stereocenters. The summed E-state index contributed by atoms with van der Waals surface area (Å²) in [5.74, 6) is 1.83. The SMILES string of the molecule is COc1ccccc1-c1ccc(C(C)NCC(C)(C)c2ccccc2OC)cc1. The largest absolute Gasteiger partial charge is 0.496 e. The number of nitrogens with one attached hydrogen (secondary N) is 1. The summed E-state index contributed by atoms with van der Waals surface area (Å²) in [4.78, 5) is 0. The number of rotatable bonds is 8. The molecule has 0 fully saturated rings.